The zero-order valence-electron chi connectivity index (χ0n) is 13.8. The molecule has 0 atom stereocenters. The molecule has 8 heteroatoms. The minimum atomic E-state index is -4.40. The SMILES string of the molecule is O=S(=O)(c1c(F)cccc1F)n1ccc2c(N3CCNCC3)cccc21. The number of anilines is 1. The van der Waals surface area contributed by atoms with Gasteiger partial charge in [-0.05, 0) is 30.3 Å². The van der Waals surface area contributed by atoms with E-state index < -0.39 is 26.6 Å². The van der Waals surface area contributed by atoms with E-state index in [1.807, 2.05) is 6.07 Å². The molecule has 3 aromatic rings. The number of aromatic nitrogens is 1. The Balaban J connectivity index is 1.88. The number of fused-ring (bicyclic) bond motifs is 1. The van der Waals surface area contributed by atoms with Crippen LogP contribution in [0, 0.1) is 11.6 Å². The van der Waals surface area contributed by atoms with Crippen LogP contribution in [0.1, 0.15) is 0 Å². The smallest absolute Gasteiger partial charge is 0.274 e. The lowest BCUT2D eigenvalue weighted by molar-refractivity contribution is 0.516. The maximum absolute atomic E-state index is 14.1. The predicted octanol–water partition coefficient (Wildman–Crippen LogP) is 2.57. The highest BCUT2D eigenvalue weighted by Crippen LogP contribution is 2.31. The van der Waals surface area contributed by atoms with Crippen LogP contribution in [0.4, 0.5) is 14.5 Å². The van der Waals surface area contributed by atoms with E-state index in [0.717, 1.165) is 59.4 Å². The number of benzene rings is 2. The van der Waals surface area contributed by atoms with Gasteiger partial charge in [-0.25, -0.2) is 21.2 Å². The van der Waals surface area contributed by atoms with Crippen LogP contribution in [-0.4, -0.2) is 38.6 Å². The molecule has 0 aliphatic carbocycles. The highest BCUT2D eigenvalue weighted by molar-refractivity contribution is 7.90. The first-order chi connectivity index (χ1) is 12.5. The van der Waals surface area contributed by atoms with Gasteiger partial charge in [0.05, 0.1) is 5.52 Å². The van der Waals surface area contributed by atoms with Crippen molar-refractivity contribution in [3.05, 3.63) is 60.3 Å². The van der Waals surface area contributed by atoms with Crippen molar-refractivity contribution in [1.82, 2.24) is 9.29 Å². The molecule has 0 unspecified atom stereocenters. The molecule has 0 amide bonds. The minimum Gasteiger partial charge on any atom is -0.368 e. The van der Waals surface area contributed by atoms with Crippen LogP contribution in [0.5, 0.6) is 0 Å². The maximum Gasteiger partial charge on any atom is 0.274 e. The van der Waals surface area contributed by atoms with E-state index in [1.165, 1.54) is 6.20 Å². The van der Waals surface area contributed by atoms with Gasteiger partial charge in [-0.15, -0.1) is 0 Å². The average molecular weight is 377 g/mol. The summed E-state index contributed by atoms with van der Waals surface area (Å²) in [5.74, 6) is -2.21. The van der Waals surface area contributed by atoms with Gasteiger partial charge in [0.25, 0.3) is 10.0 Å². The monoisotopic (exact) mass is 377 g/mol. The Labute approximate surface area is 149 Å². The Bertz CT molecular complexity index is 1050. The van der Waals surface area contributed by atoms with Crippen LogP contribution in [0.2, 0.25) is 0 Å². The molecule has 5 nitrogen and oxygen atoms in total. The molecule has 26 heavy (non-hydrogen) atoms. The van der Waals surface area contributed by atoms with Crippen molar-refractivity contribution in [3.8, 4) is 0 Å². The van der Waals surface area contributed by atoms with Gasteiger partial charge < -0.3 is 10.2 Å². The molecular weight excluding hydrogens is 360 g/mol. The molecule has 2 aromatic carbocycles. The number of nitrogens with one attached hydrogen (secondary N) is 1. The van der Waals surface area contributed by atoms with Crippen molar-refractivity contribution in [2.75, 3.05) is 31.1 Å². The van der Waals surface area contributed by atoms with E-state index in [-0.39, 0.29) is 0 Å². The molecule has 0 spiro atoms. The van der Waals surface area contributed by atoms with Crippen molar-refractivity contribution in [3.63, 3.8) is 0 Å². The van der Waals surface area contributed by atoms with Crippen molar-refractivity contribution in [1.29, 1.82) is 0 Å². The number of nitrogens with zero attached hydrogens (tertiary/aromatic N) is 2. The number of rotatable bonds is 3. The third-order valence-corrected chi connectivity index (χ3v) is 6.31. The summed E-state index contributed by atoms with van der Waals surface area (Å²) in [6.45, 7) is 3.30. The van der Waals surface area contributed by atoms with Crippen LogP contribution < -0.4 is 10.2 Å². The topological polar surface area (TPSA) is 54.3 Å². The van der Waals surface area contributed by atoms with Crippen molar-refractivity contribution >= 4 is 26.6 Å². The second kappa shape index (κ2) is 6.37. The molecule has 1 N–H and O–H groups in total. The molecule has 1 fully saturated rings. The summed E-state index contributed by atoms with van der Waals surface area (Å²) in [4.78, 5) is 1.23. The molecule has 0 radical (unpaired) electrons. The highest BCUT2D eigenvalue weighted by Gasteiger charge is 2.27. The molecule has 0 saturated carbocycles. The van der Waals surface area contributed by atoms with Crippen LogP contribution >= 0.6 is 0 Å². The highest BCUT2D eigenvalue weighted by atomic mass is 32.2. The lowest BCUT2D eigenvalue weighted by Crippen LogP contribution is -2.43. The second-order valence-corrected chi connectivity index (χ2v) is 7.87. The lowest BCUT2D eigenvalue weighted by atomic mass is 10.2. The molecule has 0 bridgehead atoms. The Morgan fingerprint density at radius 3 is 2.27 bits per heavy atom. The molecule has 1 aliphatic rings. The van der Waals surface area contributed by atoms with Crippen molar-refractivity contribution in [2.24, 2.45) is 0 Å². The number of halogens is 2. The fourth-order valence-electron chi connectivity index (χ4n) is 3.35. The predicted molar refractivity (Wildman–Crippen MR) is 96.0 cm³/mol. The second-order valence-electron chi connectivity index (χ2n) is 6.11. The van der Waals surface area contributed by atoms with E-state index in [9.17, 15) is 17.2 Å². The molecule has 1 aromatic heterocycles. The van der Waals surface area contributed by atoms with Gasteiger partial charge in [0.2, 0.25) is 0 Å². The van der Waals surface area contributed by atoms with Gasteiger partial charge in [0, 0.05) is 43.4 Å². The van der Waals surface area contributed by atoms with Crippen LogP contribution in [-0.2, 0) is 10.0 Å². The fourth-order valence-corrected chi connectivity index (χ4v) is 4.81. The van der Waals surface area contributed by atoms with E-state index in [0.29, 0.717) is 5.52 Å². The van der Waals surface area contributed by atoms with Gasteiger partial charge in [0.1, 0.15) is 11.6 Å². The van der Waals surface area contributed by atoms with Gasteiger partial charge in [-0.3, -0.25) is 0 Å². The van der Waals surface area contributed by atoms with E-state index in [1.54, 1.807) is 18.2 Å². The zero-order valence-corrected chi connectivity index (χ0v) is 14.6. The molecule has 1 saturated heterocycles. The van der Waals surface area contributed by atoms with E-state index in [4.69, 9.17) is 0 Å². The summed E-state index contributed by atoms with van der Waals surface area (Å²) in [6.07, 6.45) is 1.34. The minimum absolute atomic E-state index is 0.392. The van der Waals surface area contributed by atoms with Crippen LogP contribution in [0.15, 0.2) is 53.6 Å². The average Bonchev–Trinajstić information content (AvgIpc) is 3.07. The van der Waals surface area contributed by atoms with Gasteiger partial charge in [-0.2, -0.15) is 0 Å². The normalized spacial score (nSPS) is 15.5. The van der Waals surface area contributed by atoms with Crippen molar-refractivity contribution in [2.45, 2.75) is 4.90 Å². The number of hydrogen-bond acceptors (Lipinski definition) is 4. The first-order valence-electron chi connectivity index (χ1n) is 8.25. The maximum atomic E-state index is 14.1. The molecule has 4 rings (SSSR count). The number of piperazine rings is 1. The fraction of sp³-hybridized carbons (Fsp3) is 0.222. The standard InChI is InChI=1S/C18H17F2N3O2S/c19-14-3-1-4-15(20)18(14)26(24,25)23-10-7-13-16(5-2-6-17(13)23)22-11-8-21-9-12-22/h1-7,10,21H,8-9,11-12H2. The summed E-state index contributed by atoms with van der Waals surface area (Å²) < 4.78 is 54.9. The molecule has 2 heterocycles. The Kier molecular flexibility index (Phi) is 4.16. The third-order valence-electron chi connectivity index (χ3n) is 4.57. The number of hydrogen-bond donors (Lipinski definition) is 1. The first-order valence-corrected chi connectivity index (χ1v) is 9.69. The van der Waals surface area contributed by atoms with E-state index >= 15 is 0 Å². The summed E-state index contributed by atoms with van der Waals surface area (Å²) >= 11 is 0. The molecular formula is C18H17F2N3O2S. The largest absolute Gasteiger partial charge is 0.368 e. The quantitative estimate of drug-likeness (QED) is 0.762. The Morgan fingerprint density at radius 2 is 1.58 bits per heavy atom. The molecule has 136 valence electrons. The summed E-state index contributed by atoms with van der Waals surface area (Å²) in [5.41, 5.74) is 1.30. The third kappa shape index (κ3) is 2.65. The van der Waals surface area contributed by atoms with Crippen LogP contribution in [0.25, 0.3) is 10.9 Å². The lowest BCUT2D eigenvalue weighted by Gasteiger charge is -2.30. The summed E-state index contributed by atoms with van der Waals surface area (Å²) in [7, 11) is -4.40. The van der Waals surface area contributed by atoms with E-state index in [2.05, 4.69) is 10.2 Å². The van der Waals surface area contributed by atoms with Crippen molar-refractivity contribution < 1.29 is 17.2 Å². The Hall–Kier alpha value is -2.45. The van der Waals surface area contributed by atoms with Gasteiger partial charge in [0.15, 0.2) is 4.90 Å². The summed E-state index contributed by atoms with van der Waals surface area (Å²) in [6, 6.07) is 10.00. The first kappa shape index (κ1) is 17.0. The Morgan fingerprint density at radius 1 is 0.923 bits per heavy atom. The molecule has 1 aliphatic heterocycles. The summed E-state index contributed by atoms with van der Waals surface area (Å²) in [5, 5.41) is 4.00. The van der Waals surface area contributed by atoms with Gasteiger partial charge in [-0.1, -0.05) is 12.1 Å². The zero-order chi connectivity index (χ0) is 18.3. The van der Waals surface area contributed by atoms with Gasteiger partial charge >= 0.3 is 0 Å². The van der Waals surface area contributed by atoms with Crippen LogP contribution in [0.3, 0.4) is 0 Å².